The summed E-state index contributed by atoms with van der Waals surface area (Å²) in [6, 6.07) is 9.89. The average Bonchev–Trinajstić information content (AvgIpc) is 3.45. The Morgan fingerprint density at radius 2 is 1.92 bits per heavy atom. The summed E-state index contributed by atoms with van der Waals surface area (Å²) in [5.74, 6) is 0.925. The molecule has 2 N–H and O–H groups in total. The minimum Gasteiger partial charge on any atom is -0.491 e. The lowest BCUT2D eigenvalue weighted by atomic mass is 10.2. The first-order valence-corrected chi connectivity index (χ1v) is 9.24. The first kappa shape index (κ1) is 18.2. The van der Waals surface area contributed by atoms with Crippen molar-refractivity contribution in [2.75, 3.05) is 39.3 Å². The highest BCUT2D eigenvalue weighted by Crippen LogP contribution is 2.19. The zero-order valence-corrected chi connectivity index (χ0v) is 14.9. The molecule has 138 valence electrons. The fraction of sp³-hybridized carbons (Fsp3) is 0.632. The summed E-state index contributed by atoms with van der Waals surface area (Å²) in [5, 5.41) is 13.3. The van der Waals surface area contributed by atoms with E-state index in [-0.39, 0.29) is 11.9 Å². The summed E-state index contributed by atoms with van der Waals surface area (Å²) in [6.45, 7) is 6.31. The number of aliphatic hydroxyl groups excluding tert-OH is 1. The largest absolute Gasteiger partial charge is 0.491 e. The summed E-state index contributed by atoms with van der Waals surface area (Å²) in [5.41, 5.74) is 0. The van der Waals surface area contributed by atoms with Crippen LogP contribution in [-0.4, -0.2) is 78.3 Å². The molecule has 1 amide bonds. The molecule has 0 bridgehead atoms. The molecule has 3 rings (SSSR count). The molecule has 2 aliphatic rings. The smallest absolute Gasteiger partial charge is 0.237 e. The molecule has 6 heteroatoms. The van der Waals surface area contributed by atoms with Crippen LogP contribution < -0.4 is 10.1 Å². The van der Waals surface area contributed by atoms with Gasteiger partial charge in [-0.05, 0) is 31.9 Å². The minimum atomic E-state index is -0.512. The van der Waals surface area contributed by atoms with Gasteiger partial charge in [-0.3, -0.25) is 14.6 Å². The van der Waals surface area contributed by atoms with Gasteiger partial charge >= 0.3 is 0 Å². The molecule has 2 fully saturated rings. The van der Waals surface area contributed by atoms with Gasteiger partial charge in [0.05, 0.1) is 6.04 Å². The second-order valence-electron chi connectivity index (χ2n) is 7.07. The van der Waals surface area contributed by atoms with Crippen LogP contribution in [0.2, 0.25) is 0 Å². The predicted octanol–water partition coefficient (Wildman–Crippen LogP) is 0.711. The number of nitrogens with zero attached hydrogens (tertiary/aromatic N) is 2. The predicted molar refractivity (Wildman–Crippen MR) is 96.6 cm³/mol. The van der Waals surface area contributed by atoms with E-state index in [1.165, 1.54) is 0 Å². The van der Waals surface area contributed by atoms with E-state index < -0.39 is 6.10 Å². The number of aliphatic hydroxyl groups is 1. The molecule has 1 aromatic carbocycles. The Labute approximate surface area is 149 Å². The molecule has 2 atom stereocenters. The molecule has 1 saturated carbocycles. The summed E-state index contributed by atoms with van der Waals surface area (Å²) >= 11 is 0. The second-order valence-corrected chi connectivity index (χ2v) is 7.07. The van der Waals surface area contributed by atoms with E-state index in [9.17, 15) is 9.90 Å². The molecule has 6 nitrogen and oxygen atoms in total. The van der Waals surface area contributed by atoms with Gasteiger partial charge in [0.25, 0.3) is 0 Å². The number of hydrogen-bond donors (Lipinski definition) is 2. The van der Waals surface area contributed by atoms with E-state index in [1.807, 2.05) is 37.3 Å². The van der Waals surface area contributed by atoms with E-state index in [0.717, 1.165) is 44.8 Å². The molecule has 0 radical (unpaired) electrons. The summed E-state index contributed by atoms with van der Waals surface area (Å²) in [7, 11) is 0. The third-order valence-electron chi connectivity index (χ3n) is 4.91. The van der Waals surface area contributed by atoms with Crippen molar-refractivity contribution in [3.05, 3.63) is 30.3 Å². The maximum Gasteiger partial charge on any atom is 0.237 e. The van der Waals surface area contributed by atoms with Crippen LogP contribution in [0.15, 0.2) is 30.3 Å². The van der Waals surface area contributed by atoms with Gasteiger partial charge in [-0.25, -0.2) is 0 Å². The van der Waals surface area contributed by atoms with Gasteiger partial charge in [0.2, 0.25) is 5.91 Å². The number of benzene rings is 1. The molecule has 1 heterocycles. The van der Waals surface area contributed by atoms with E-state index >= 15 is 0 Å². The van der Waals surface area contributed by atoms with Crippen molar-refractivity contribution in [3.8, 4) is 5.75 Å². The van der Waals surface area contributed by atoms with E-state index in [1.54, 1.807) is 0 Å². The summed E-state index contributed by atoms with van der Waals surface area (Å²) in [4.78, 5) is 16.6. The third kappa shape index (κ3) is 5.70. The molecule has 0 unspecified atom stereocenters. The number of ether oxygens (including phenoxy) is 1. The standard InChI is InChI=1S/C19H29N3O3/c1-15(19(24)20-16-7-8-16)22-11-9-21(10-12-22)13-17(23)14-25-18-5-3-2-4-6-18/h2-6,15-17,23H,7-14H2,1H3,(H,20,24)/t15-,17-/m1/s1. The lowest BCUT2D eigenvalue weighted by Crippen LogP contribution is -2.55. The van der Waals surface area contributed by atoms with Crippen LogP contribution in [-0.2, 0) is 4.79 Å². The molecule has 0 spiro atoms. The van der Waals surface area contributed by atoms with E-state index in [2.05, 4.69) is 15.1 Å². The van der Waals surface area contributed by atoms with Crippen molar-refractivity contribution in [2.24, 2.45) is 0 Å². The second kappa shape index (κ2) is 8.65. The number of para-hydroxylation sites is 1. The lowest BCUT2D eigenvalue weighted by Gasteiger charge is -2.38. The highest BCUT2D eigenvalue weighted by atomic mass is 16.5. The fourth-order valence-corrected chi connectivity index (χ4v) is 3.11. The van der Waals surface area contributed by atoms with Gasteiger partial charge in [-0.15, -0.1) is 0 Å². The van der Waals surface area contributed by atoms with E-state index in [4.69, 9.17) is 4.74 Å². The zero-order valence-electron chi connectivity index (χ0n) is 14.9. The van der Waals surface area contributed by atoms with Crippen molar-refractivity contribution >= 4 is 5.91 Å². The van der Waals surface area contributed by atoms with Crippen molar-refractivity contribution in [1.82, 2.24) is 15.1 Å². The Bertz CT molecular complexity index is 542. The molecule has 1 saturated heterocycles. The number of nitrogens with one attached hydrogen (secondary N) is 1. The number of β-amino-alcohol motifs (C(OH)–C–C–N with tert-alkyl or cyclic N) is 1. The Kier molecular flexibility index (Phi) is 6.29. The first-order valence-electron chi connectivity index (χ1n) is 9.24. The van der Waals surface area contributed by atoms with Crippen LogP contribution in [0.5, 0.6) is 5.75 Å². The molecule has 1 aromatic rings. The van der Waals surface area contributed by atoms with Crippen molar-refractivity contribution in [3.63, 3.8) is 0 Å². The van der Waals surface area contributed by atoms with Crippen LogP contribution in [0.4, 0.5) is 0 Å². The summed E-state index contributed by atoms with van der Waals surface area (Å²) in [6.07, 6.45) is 1.73. The summed E-state index contributed by atoms with van der Waals surface area (Å²) < 4.78 is 5.60. The van der Waals surface area contributed by atoms with Gasteiger partial charge in [0.1, 0.15) is 18.5 Å². The topological polar surface area (TPSA) is 65.0 Å². The quantitative estimate of drug-likeness (QED) is 0.725. The molecule has 1 aliphatic heterocycles. The number of piperazine rings is 1. The number of hydrogen-bond acceptors (Lipinski definition) is 5. The first-order chi connectivity index (χ1) is 12.1. The van der Waals surface area contributed by atoms with Crippen LogP contribution in [0.25, 0.3) is 0 Å². The number of rotatable bonds is 8. The van der Waals surface area contributed by atoms with Gasteiger partial charge in [-0.2, -0.15) is 0 Å². The van der Waals surface area contributed by atoms with Crippen molar-refractivity contribution < 1.29 is 14.6 Å². The van der Waals surface area contributed by atoms with Gasteiger partial charge in [-0.1, -0.05) is 18.2 Å². The highest BCUT2D eigenvalue weighted by molar-refractivity contribution is 5.81. The average molecular weight is 347 g/mol. The normalized spacial score (nSPS) is 21.5. The highest BCUT2D eigenvalue weighted by Gasteiger charge is 2.30. The Morgan fingerprint density at radius 3 is 2.56 bits per heavy atom. The molecular formula is C19H29N3O3. The third-order valence-corrected chi connectivity index (χ3v) is 4.91. The van der Waals surface area contributed by atoms with Crippen LogP contribution in [0.1, 0.15) is 19.8 Å². The van der Waals surface area contributed by atoms with Crippen molar-refractivity contribution in [2.45, 2.75) is 38.0 Å². The zero-order chi connectivity index (χ0) is 17.6. The number of amides is 1. The minimum absolute atomic E-state index is 0.0749. The lowest BCUT2D eigenvalue weighted by molar-refractivity contribution is -0.126. The SMILES string of the molecule is C[C@H](C(=O)NC1CC1)N1CCN(C[C@@H](O)COc2ccccc2)CC1. The molecule has 1 aliphatic carbocycles. The maximum atomic E-state index is 12.1. The molecule has 25 heavy (non-hydrogen) atoms. The van der Waals surface area contributed by atoms with Crippen LogP contribution in [0, 0.1) is 0 Å². The maximum absolute atomic E-state index is 12.1. The number of carbonyl (C=O) groups excluding carboxylic acids is 1. The Balaban J connectivity index is 1.34. The van der Waals surface area contributed by atoms with Crippen molar-refractivity contribution in [1.29, 1.82) is 0 Å². The van der Waals surface area contributed by atoms with Crippen LogP contribution in [0.3, 0.4) is 0 Å². The number of carbonyl (C=O) groups is 1. The van der Waals surface area contributed by atoms with E-state index in [0.29, 0.717) is 19.2 Å². The fourth-order valence-electron chi connectivity index (χ4n) is 3.11. The Hall–Kier alpha value is -1.63. The van der Waals surface area contributed by atoms with Gasteiger partial charge in [0, 0.05) is 38.8 Å². The monoisotopic (exact) mass is 347 g/mol. The van der Waals surface area contributed by atoms with Gasteiger partial charge < -0.3 is 15.2 Å². The van der Waals surface area contributed by atoms with Gasteiger partial charge in [0.15, 0.2) is 0 Å². The van der Waals surface area contributed by atoms with Crippen LogP contribution >= 0.6 is 0 Å². The molecular weight excluding hydrogens is 318 g/mol. The molecule has 0 aromatic heterocycles. The Morgan fingerprint density at radius 1 is 1.24 bits per heavy atom.